The second-order valence-corrected chi connectivity index (χ2v) is 2.43. The highest BCUT2D eigenvalue weighted by atomic mass is 16.4. The Labute approximate surface area is 53.4 Å². The molecule has 0 aromatic carbocycles. The predicted octanol–water partition coefficient (Wildman–Crippen LogP) is 0.694. The molecule has 1 aliphatic rings. The van der Waals surface area contributed by atoms with Gasteiger partial charge < -0.3 is 5.11 Å². The molecule has 0 radical (unpaired) electrons. The van der Waals surface area contributed by atoms with Crippen molar-refractivity contribution < 1.29 is 9.90 Å². The van der Waals surface area contributed by atoms with E-state index in [2.05, 4.69) is 4.99 Å². The molecule has 0 bridgehead atoms. The lowest BCUT2D eigenvalue weighted by atomic mass is 10.0. The van der Waals surface area contributed by atoms with Gasteiger partial charge in [-0.2, -0.15) is 0 Å². The van der Waals surface area contributed by atoms with E-state index >= 15 is 0 Å². The fourth-order valence-corrected chi connectivity index (χ4v) is 0.838. The van der Waals surface area contributed by atoms with Crippen LogP contribution in [0.15, 0.2) is 4.99 Å². The first kappa shape index (κ1) is 6.26. The molecular formula is C6H9NO2. The van der Waals surface area contributed by atoms with E-state index in [0.717, 1.165) is 6.42 Å². The van der Waals surface area contributed by atoms with Gasteiger partial charge in [0.1, 0.15) is 0 Å². The summed E-state index contributed by atoms with van der Waals surface area (Å²) in [4.78, 5) is 14.3. The zero-order chi connectivity index (χ0) is 6.91. The fraction of sp³-hybridized carbons (Fsp3) is 0.667. The number of carboxylic acids is 1. The number of hydrogen-bond acceptors (Lipinski definition) is 2. The van der Waals surface area contributed by atoms with Gasteiger partial charge in [0, 0.05) is 6.21 Å². The van der Waals surface area contributed by atoms with Crippen molar-refractivity contribution in [1.82, 2.24) is 0 Å². The summed E-state index contributed by atoms with van der Waals surface area (Å²) < 4.78 is 0. The lowest BCUT2D eigenvalue weighted by Gasteiger charge is -2.12. The van der Waals surface area contributed by atoms with Crippen LogP contribution >= 0.6 is 0 Å². The number of carboxylic acid groups (broad SMARTS) is 1. The van der Waals surface area contributed by atoms with Gasteiger partial charge in [0.15, 0.2) is 5.54 Å². The molecule has 1 aliphatic heterocycles. The van der Waals surface area contributed by atoms with Crippen molar-refractivity contribution in [1.29, 1.82) is 0 Å². The molecule has 1 rings (SSSR count). The molecule has 0 aromatic heterocycles. The first-order valence-corrected chi connectivity index (χ1v) is 2.92. The molecule has 0 aromatic rings. The maximum atomic E-state index is 10.4. The van der Waals surface area contributed by atoms with Crippen molar-refractivity contribution in [2.75, 3.05) is 0 Å². The van der Waals surface area contributed by atoms with Gasteiger partial charge in [0.2, 0.25) is 0 Å². The molecule has 0 spiro atoms. The Morgan fingerprint density at radius 2 is 2.56 bits per heavy atom. The molecule has 3 heteroatoms. The molecule has 1 unspecified atom stereocenters. The summed E-state index contributed by atoms with van der Waals surface area (Å²) in [6.07, 6.45) is 3.11. The zero-order valence-electron chi connectivity index (χ0n) is 5.29. The summed E-state index contributed by atoms with van der Waals surface area (Å²) in [5.41, 5.74) is -0.819. The summed E-state index contributed by atoms with van der Waals surface area (Å²) in [7, 11) is 0. The smallest absolute Gasteiger partial charge is 0.331 e. The van der Waals surface area contributed by atoms with Crippen molar-refractivity contribution in [3.63, 3.8) is 0 Å². The summed E-state index contributed by atoms with van der Waals surface area (Å²) in [6.45, 7) is 1.64. The van der Waals surface area contributed by atoms with E-state index in [1.807, 2.05) is 0 Å². The van der Waals surface area contributed by atoms with Crippen molar-refractivity contribution >= 4 is 12.2 Å². The number of rotatable bonds is 1. The summed E-state index contributed by atoms with van der Waals surface area (Å²) in [5, 5.41) is 8.56. The molecular weight excluding hydrogens is 118 g/mol. The van der Waals surface area contributed by atoms with Crippen LogP contribution in [0.2, 0.25) is 0 Å². The van der Waals surface area contributed by atoms with Gasteiger partial charge in [-0.1, -0.05) is 0 Å². The van der Waals surface area contributed by atoms with E-state index in [1.165, 1.54) is 0 Å². The molecule has 1 N–H and O–H groups in total. The van der Waals surface area contributed by atoms with Crippen molar-refractivity contribution in [3.8, 4) is 0 Å². The minimum atomic E-state index is -0.823. The van der Waals surface area contributed by atoms with Crippen LogP contribution in [-0.4, -0.2) is 22.8 Å². The SMILES string of the molecule is CC1(C(=O)O)CCC=N1. The number of carbonyl (C=O) groups is 1. The Kier molecular flexibility index (Phi) is 1.27. The Bertz CT molecular complexity index is 164. The molecule has 0 amide bonds. The second kappa shape index (κ2) is 1.83. The van der Waals surface area contributed by atoms with Crippen LogP contribution in [0.25, 0.3) is 0 Å². The van der Waals surface area contributed by atoms with Crippen LogP contribution < -0.4 is 0 Å². The molecule has 0 fully saturated rings. The van der Waals surface area contributed by atoms with Gasteiger partial charge in [0.05, 0.1) is 0 Å². The highest BCUT2D eigenvalue weighted by molar-refractivity contribution is 5.83. The zero-order valence-corrected chi connectivity index (χ0v) is 5.29. The van der Waals surface area contributed by atoms with E-state index in [-0.39, 0.29) is 0 Å². The quantitative estimate of drug-likeness (QED) is 0.563. The van der Waals surface area contributed by atoms with E-state index < -0.39 is 11.5 Å². The monoisotopic (exact) mass is 127 g/mol. The van der Waals surface area contributed by atoms with E-state index in [0.29, 0.717) is 6.42 Å². The maximum Gasteiger partial charge on any atom is 0.331 e. The van der Waals surface area contributed by atoms with Crippen LogP contribution in [0, 0.1) is 0 Å². The van der Waals surface area contributed by atoms with Crippen molar-refractivity contribution in [2.45, 2.75) is 25.3 Å². The van der Waals surface area contributed by atoms with Gasteiger partial charge in [-0.05, 0) is 19.8 Å². The Hall–Kier alpha value is -0.860. The first-order valence-electron chi connectivity index (χ1n) is 2.92. The largest absolute Gasteiger partial charge is 0.479 e. The van der Waals surface area contributed by atoms with Crippen molar-refractivity contribution in [3.05, 3.63) is 0 Å². The maximum absolute atomic E-state index is 10.4. The lowest BCUT2D eigenvalue weighted by molar-refractivity contribution is -0.142. The number of hydrogen-bond donors (Lipinski definition) is 1. The standard InChI is InChI=1S/C6H9NO2/c1-6(5(8)9)3-2-4-7-6/h4H,2-3H2,1H3,(H,8,9). The van der Waals surface area contributed by atoms with E-state index in [1.54, 1.807) is 13.1 Å². The lowest BCUT2D eigenvalue weighted by Crippen LogP contribution is -2.29. The van der Waals surface area contributed by atoms with E-state index in [9.17, 15) is 4.79 Å². The highest BCUT2D eigenvalue weighted by Gasteiger charge is 2.33. The molecule has 1 heterocycles. The number of nitrogens with zero attached hydrogens (tertiary/aromatic N) is 1. The number of aliphatic imine (C=N–C) groups is 1. The summed E-state index contributed by atoms with van der Waals surface area (Å²) in [5.74, 6) is -0.823. The fourth-order valence-electron chi connectivity index (χ4n) is 0.838. The normalized spacial score (nSPS) is 33.0. The third-order valence-electron chi connectivity index (χ3n) is 1.60. The van der Waals surface area contributed by atoms with E-state index in [4.69, 9.17) is 5.11 Å². The minimum Gasteiger partial charge on any atom is -0.479 e. The minimum absolute atomic E-state index is 0.641. The van der Waals surface area contributed by atoms with Crippen LogP contribution in [0.4, 0.5) is 0 Å². The van der Waals surface area contributed by atoms with Crippen LogP contribution in [0.3, 0.4) is 0 Å². The predicted molar refractivity (Wildman–Crippen MR) is 33.8 cm³/mol. The Morgan fingerprint density at radius 3 is 2.78 bits per heavy atom. The topological polar surface area (TPSA) is 49.7 Å². The van der Waals surface area contributed by atoms with Gasteiger partial charge in [-0.25, -0.2) is 4.79 Å². The Balaban J connectivity index is 2.74. The second-order valence-electron chi connectivity index (χ2n) is 2.43. The molecule has 3 nitrogen and oxygen atoms in total. The molecule has 1 atom stereocenters. The van der Waals surface area contributed by atoms with Gasteiger partial charge in [-0.15, -0.1) is 0 Å². The average molecular weight is 127 g/mol. The molecule has 0 saturated heterocycles. The van der Waals surface area contributed by atoms with Gasteiger partial charge in [0.25, 0.3) is 0 Å². The van der Waals surface area contributed by atoms with Crippen LogP contribution in [0.5, 0.6) is 0 Å². The van der Waals surface area contributed by atoms with Crippen molar-refractivity contribution in [2.24, 2.45) is 4.99 Å². The van der Waals surface area contributed by atoms with Gasteiger partial charge in [-0.3, -0.25) is 4.99 Å². The molecule has 50 valence electrons. The first-order chi connectivity index (χ1) is 4.15. The Morgan fingerprint density at radius 1 is 1.89 bits per heavy atom. The van der Waals surface area contributed by atoms with Crippen LogP contribution in [0.1, 0.15) is 19.8 Å². The average Bonchev–Trinajstić information content (AvgIpc) is 2.16. The molecule has 0 saturated carbocycles. The number of aliphatic carboxylic acids is 1. The highest BCUT2D eigenvalue weighted by Crippen LogP contribution is 2.21. The summed E-state index contributed by atoms with van der Waals surface area (Å²) in [6, 6.07) is 0. The van der Waals surface area contributed by atoms with Gasteiger partial charge >= 0.3 is 5.97 Å². The molecule has 0 aliphatic carbocycles. The molecule has 9 heavy (non-hydrogen) atoms. The third-order valence-corrected chi connectivity index (χ3v) is 1.60. The van der Waals surface area contributed by atoms with Crippen LogP contribution in [-0.2, 0) is 4.79 Å². The summed E-state index contributed by atoms with van der Waals surface area (Å²) >= 11 is 0. The third kappa shape index (κ3) is 0.943.